The molecule has 0 bridgehead atoms. The number of esters is 1. The van der Waals surface area contributed by atoms with Gasteiger partial charge in [0.1, 0.15) is 22.6 Å². The first-order valence-electron chi connectivity index (χ1n) is 11.8. The molecule has 0 radical (unpaired) electrons. The number of fused-ring (bicyclic) bond motifs is 1. The van der Waals surface area contributed by atoms with Gasteiger partial charge < -0.3 is 14.8 Å². The highest BCUT2D eigenvalue weighted by Crippen LogP contribution is 2.37. The Morgan fingerprint density at radius 3 is 2.63 bits per heavy atom. The molecule has 38 heavy (non-hydrogen) atoms. The first-order chi connectivity index (χ1) is 18.4. The van der Waals surface area contributed by atoms with Crippen LogP contribution in [-0.4, -0.2) is 30.6 Å². The number of aryl methyl sites for hydroxylation is 1. The molecule has 3 aromatic rings. The Labute approximate surface area is 231 Å². The summed E-state index contributed by atoms with van der Waals surface area (Å²) in [5, 5.41) is 16.3. The minimum Gasteiger partial charge on any atom is -0.494 e. The van der Waals surface area contributed by atoms with E-state index in [0.29, 0.717) is 38.5 Å². The van der Waals surface area contributed by atoms with E-state index in [4.69, 9.17) is 9.47 Å². The van der Waals surface area contributed by atoms with Gasteiger partial charge in [-0.1, -0.05) is 15.9 Å². The molecule has 194 valence electrons. The molecule has 0 spiro atoms. The molecule has 0 unspecified atom stereocenters. The second-order valence-corrected chi connectivity index (χ2v) is 10.2. The number of benzene rings is 2. The zero-order valence-electron chi connectivity index (χ0n) is 20.4. The lowest BCUT2D eigenvalue weighted by Gasteiger charge is -2.09. The third-order valence-electron chi connectivity index (χ3n) is 5.66. The van der Waals surface area contributed by atoms with Crippen molar-refractivity contribution in [1.82, 2.24) is 5.43 Å². The number of hydrazone groups is 1. The molecule has 1 aliphatic carbocycles. The van der Waals surface area contributed by atoms with E-state index in [1.54, 1.807) is 42.5 Å². The summed E-state index contributed by atoms with van der Waals surface area (Å²) in [4.78, 5) is 38.5. The number of ether oxygens (including phenoxy) is 2. The molecule has 9 nitrogen and oxygen atoms in total. The highest BCUT2D eigenvalue weighted by atomic mass is 79.9. The van der Waals surface area contributed by atoms with Crippen molar-refractivity contribution in [1.29, 1.82) is 5.26 Å². The van der Waals surface area contributed by atoms with Crippen LogP contribution in [0, 0.1) is 11.3 Å². The summed E-state index contributed by atoms with van der Waals surface area (Å²) in [5.41, 5.74) is 4.26. The van der Waals surface area contributed by atoms with Crippen LogP contribution in [0.1, 0.15) is 51.7 Å². The smallest absolute Gasteiger partial charge is 0.343 e. The number of hydrogen-bond acceptors (Lipinski definition) is 8. The van der Waals surface area contributed by atoms with Crippen molar-refractivity contribution in [2.24, 2.45) is 5.10 Å². The second kappa shape index (κ2) is 12.5. The number of anilines is 1. The SMILES string of the molecule is CCOc1ccc(C(=O)Oc2ccc(Br)cc2/C=N\NC(=O)C(=O)Nc2sc3c(c2C#N)CCCC3)cc1. The Balaban J connectivity index is 1.40. The van der Waals surface area contributed by atoms with Gasteiger partial charge in [0.2, 0.25) is 0 Å². The summed E-state index contributed by atoms with van der Waals surface area (Å²) in [6.45, 7) is 2.38. The molecule has 2 aromatic carbocycles. The Morgan fingerprint density at radius 1 is 1.13 bits per heavy atom. The molecular formula is C27H23BrN4O5S. The molecule has 2 amide bonds. The molecule has 0 saturated heterocycles. The van der Waals surface area contributed by atoms with Crippen molar-refractivity contribution in [3.63, 3.8) is 0 Å². The van der Waals surface area contributed by atoms with Crippen LogP contribution < -0.4 is 20.2 Å². The summed E-state index contributed by atoms with van der Waals surface area (Å²) >= 11 is 4.69. The summed E-state index contributed by atoms with van der Waals surface area (Å²) < 4.78 is 11.6. The predicted molar refractivity (Wildman–Crippen MR) is 147 cm³/mol. The van der Waals surface area contributed by atoms with Crippen LogP contribution in [0.4, 0.5) is 5.00 Å². The van der Waals surface area contributed by atoms with Crippen LogP contribution in [-0.2, 0) is 22.4 Å². The first-order valence-corrected chi connectivity index (χ1v) is 13.4. The van der Waals surface area contributed by atoms with Crippen LogP contribution in [0.25, 0.3) is 0 Å². The number of nitriles is 1. The average molecular weight is 595 g/mol. The molecule has 0 fully saturated rings. The monoisotopic (exact) mass is 594 g/mol. The van der Waals surface area contributed by atoms with Crippen molar-refractivity contribution < 1.29 is 23.9 Å². The minimum atomic E-state index is -1.00. The molecule has 4 rings (SSSR count). The van der Waals surface area contributed by atoms with Crippen molar-refractivity contribution >= 4 is 56.3 Å². The van der Waals surface area contributed by atoms with Gasteiger partial charge in [-0.3, -0.25) is 9.59 Å². The zero-order valence-corrected chi connectivity index (χ0v) is 22.8. The molecular weight excluding hydrogens is 572 g/mol. The molecule has 11 heteroatoms. The lowest BCUT2D eigenvalue weighted by Crippen LogP contribution is -2.32. The van der Waals surface area contributed by atoms with Gasteiger partial charge in [0.15, 0.2) is 0 Å². The van der Waals surface area contributed by atoms with E-state index < -0.39 is 17.8 Å². The van der Waals surface area contributed by atoms with Gasteiger partial charge in [0.05, 0.1) is 23.9 Å². The van der Waals surface area contributed by atoms with Crippen molar-refractivity contribution in [2.45, 2.75) is 32.6 Å². The van der Waals surface area contributed by atoms with Crippen LogP contribution in [0.3, 0.4) is 0 Å². The summed E-state index contributed by atoms with van der Waals surface area (Å²) in [6, 6.07) is 13.6. The lowest BCUT2D eigenvalue weighted by molar-refractivity contribution is -0.136. The molecule has 0 saturated carbocycles. The Morgan fingerprint density at radius 2 is 1.89 bits per heavy atom. The van der Waals surface area contributed by atoms with E-state index >= 15 is 0 Å². The average Bonchev–Trinajstić information content (AvgIpc) is 3.27. The summed E-state index contributed by atoms with van der Waals surface area (Å²) in [6.07, 6.45) is 4.95. The second-order valence-electron chi connectivity index (χ2n) is 8.21. The Kier molecular flexibility index (Phi) is 8.89. The van der Waals surface area contributed by atoms with Gasteiger partial charge in [-0.2, -0.15) is 10.4 Å². The van der Waals surface area contributed by atoms with E-state index in [9.17, 15) is 19.6 Å². The van der Waals surface area contributed by atoms with Crippen LogP contribution in [0.2, 0.25) is 0 Å². The van der Waals surface area contributed by atoms with Crippen LogP contribution in [0.15, 0.2) is 52.0 Å². The maximum absolute atomic E-state index is 12.6. The molecule has 0 atom stereocenters. The molecule has 0 aliphatic heterocycles. The van der Waals surface area contributed by atoms with Gasteiger partial charge in [-0.05, 0) is 80.6 Å². The Bertz CT molecular complexity index is 1440. The molecule has 1 heterocycles. The number of hydrogen-bond donors (Lipinski definition) is 2. The van der Waals surface area contributed by atoms with Crippen molar-refractivity contribution in [2.75, 3.05) is 11.9 Å². The van der Waals surface area contributed by atoms with Crippen molar-refractivity contribution in [3.05, 3.63) is 74.1 Å². The number of nitrogens with one attached hydrogen (secondary N) is 2. The van der Waals surface area contributed by atoms with Gasteiger partial charge in [-0.15, -0.1) is 11.3 Å². The number of carbonyl (C=O) groups excluding carboxylic acids is 3. The van der Waals surface area contributed by atoms with E-state index in [0.717, 1.165) is 36.1 Å². The Hall–Kier alpha value is -4.01. The van der Waals surface area contributed by atoms with Crippen molar-refractivity contribution in [3.8, 4) is 17.6 Å². The molecule has 1 aromatic heterocycles. The zero-order chi connectivity index (χ0) is 27.1. The highest BCUT2D eigenvalue weighted by molar-refractivity contribution is 9.10. The van der Waals surface area contributed by atoms with Gasteiger partial charge >= 0.3 is 17.8 Å². The molecule has 2 N–H and O–H groups in total. The first kappa shape index (κ1) is 27.0. The fraction of sp³-hybridized carbons (Fsp3) is 0.222. The largest absolute Gasteiger partial charge is 0.494 e. The van der Waals surface area contributed by atoms with Gasteiger partial charge in [0, 0.05) is 14.9 Å². The normalized spacial score (nSPS) is 12.3. The van der Waals surface area contributed by atoms with E-state index in [-0.39, 0.29) is 5.75 Å². The summed E-state index contributed by atoms with van der Waals surface area (Å²) in [5.74, 6) is -1.67. The van der Waals surface area contributed by atoms with Crippen LogP contribution >= 0.6 is 27.3 Å². The third-order valence-corrected chi connectivity index (χ3v) is 7.36. The number of amides is 2. The predicted octanol–water partition coefficient (Wildman–Crippen LogP) is 4.97. The quantitative estimate of drug-likeness (QED) is 0.131. The van der Waals surface area contributed by atoms with E-state index in [2.05, 4.69) is 37.8 Å². The third kappa shape index (κ3) is 6.45. The minimum absolute atomic E-state index is 0.206. The molecule has 1 aliphatic rings. The maximum atomic E-state index is 12.6. The van der Waals surface area contributed by atoms with Gasteiger partial charge in [-0.25, -0.2) is 10.2 Å². The number of halogens is 1. The number of nitrogens with zero attached hydrogens (tertiary/aromatic N) is 2. The maximum Gasteiger partial charge on any atom is 0.343 e. The highest BCUT2D eigenvalue weighted by Gasteiger charge is 2.23. The standard InChI is InChI=1S/C27H23BrN4O5S/c1-2-36-19-10-7-16(8-11-19)27(35)37-22-12-9-18(28)13-17(22)15-30-32-25(34)24(33)31-26-21(14-29)20-5-3-4-6-23(20)38-26/h7-13,15H,2-6H2,1H3,(H,31,33)(H,32,34)/b30-15-. The van der Waals surface area contributed by atoms with E-state index in [1.165, 1.54) is 17.6 Å². The number of rotatable bonds is 7. The lowest BCUT2D eigenvalue weighted by atomic mass is 9.96. The van der Waals surface area contributed by atoms with E-state index in [1.807, 2.05) is 6.92 Å². The van der Waals surface area contributed by atoms with Crippen LogP contribution in [0.5, 0.6) is 11.5 Å². The summed E-state index contributed by atoms with van der Waals surface area (Å²) in [7, 11) is 0. The number of carbonyl (C=O) groups is 3. The fourth-order valence-corrected chi connectivity index (χ4v) is 5.48. The van der Waals surface area contributed by atoms with Gasteiger partial charge in [0.25, 0.3) is 0 Å². The topological polar surface area (TPSA) is 130 Å². The fourth-order valence-electron chi connectivity index (χ4n) is 3.87. The number of thiophene rings is 1.